The van der Waals surface area contributed by atoms with Gasteiger partial charge in [0, 0.05) is 25.1 Å². The van der Waals surface area contributed by atoms with Crippen molar-refractivity contribution in [2.75, 3.05) is 20.2 Å². The van der Waals surface area contributed by atoms with E-state index in [9.17, 15) is 0 Å². The van der Waals surface area contributed by atoms with Crippen molar-refractivity contribution in [3.05, 3.63) is 46.8 Å². The first-order valence-corrected chi connectivity index (χ1v) is 9.33. The third kappa shape index (κ3) is 5.25. The molecule has 1 heterocycles. The van der Waals surface area contributed by atoms with Crippen molar-refractivity contribution in [1.82, 2.24) is 15.8 Å². The number of nitrogens with zero attached hydrogens (tertiary/aromatic N) is 2. The number of hydrogen-bond acceptors (Lipinski definition) is 4. The van der Waals surface area contributed by atoms with Crippen LogP contribution in [0.2, 0.25) is 0 Å². The van der Waals surface area contributed by atoms with E-state index in [0.29, 0.717) is 6.54 Å². The summed E-state index contributed by atoms with van der Waals surface area (Å²) >= 11 is 0. The monoisotopic (exact) mass is 358 g/mol. The highest BCUT2D eigenvalue weighted by atomic mass is 16.5. The van der Waals surface area contributed by atoms with Crippen LogP contribution in [0.25, 0.3) is 0 Å². The van der Waals surface area contributed by atoms with Crippen LogP contribution in [0.5, 0.6) is 5.75 Å². The molecule has 1 aromatic carbocycles. The number of hydrogen-bond donors (Lipinski definition) is 2. The lowest BCUT2D eigenvalue weighted by molar-refractivity contribution is 0.380. The van der Waals surface area contributed by atoms with Crippen molar-refractivity contribution < 1.29 is 9.26 Å². The summed E-state index contributed by atoms with van der Waals surface area (Å²) in [5.41, 5.74) is 3.28. The molecule has 0 amide bonds. The van der Waals surface area contributed by atoms with Crippen LogP contribution in [-0.2, 0) is 25.8 Å². The first-order chi connectivity index (χ1) is 12.7. The number of aromatic nitrogens is 1. The molecule has 6 heteroatoms. The number of nitrogens with one attached hydrogen (secondary N) is 2. The number of aliphatic imine (C=N–C) groups is 1. The van der Waals surface area contributed by atoms with Gasteiger partial charge in [0.25, 0.3) is 0 Å². The summed E-state index contributed by atoms with van der Waals surface area (Å²) in [5, 5.41) is 10.8. The largest absolute Gasteiger partial charge is 0.496 e. The zero-order valence-corrected chi connectivity index (χ0v) is 16.3. The van der Waals surface area contributed by atoms with E-state index < -0.39 is 0 Å². The van der Waals surface area contributed by atoms with Crippen molar-refractivity contribution in [2.24, 2.45) is 4.99 Å². The molecule has 0 saturated heterocycles. The van der Waals surface area contributed by atoms with Gasteiger partial charge in [-0.25, -0.2) is 4.99 Å². The molecule has 0 aliphatic heterocycles. The first kappa shape index (κ1) is 19.8. The van der Waals surface area contributed by atoms with Crippen LogP contribution in [0.3, 0.4) is 0 Å². The number of para-hydroxylation sites is 1. The van der Waals surface area contributed by atoms with Crippen molar-refractivity contribution in [2.45, 2.75) is 46.6 Å². The van der Waals surface area contributed by atoms with Crippen LogP contribution in [0.1, 0.15) is 43.4 Å². The van der Waals surface area contributed by atoms with E-state index in [1.54, 1.807) is 7.11 Å². The minimum absolute atomic E-state index is 0.569. The third-order valence-electron chi connectivity index (χ3n) is 4.23. The molecule has 6 nitrogen and oxygen atoms in total. The summed E-state index contributed by atoms with van der Waals surface area (Å²) in [4.78, 5) is 4.71. The number of guanidine groups is 1. The number of aryl methyl sites for hydroxylation is 2. The van der Waals surface area contributed by atoms with Crippen molar-refractivity contribution in [3.63, 3.8) is 0 Å². The molecule has 0 spiro atoms. The summed E-state index contributed by atoms with van der Waals surface area (Å²) in [6.45, 7) is 8.37. The van der Waals surface area contributed by atoms with Gasteiger partial charge in [0.1, 0.15) is 11.5 Å². The molecule has 0 aliphatic carbocycles. The second-order valence-corrected chi connectivity index (χ2v) is 5.92. The molecule has 0 radical (unpaired) electrons. The van der Waals surface area contributed by atoms with Crippen molar-refractivity contribution in [3.8, 4) is 5.75 Å². The average molecular weight is 358 g/mol. The van der Waals surface area contributed by atoms with Gasteiger partial charge < -0.3 is 19.9 Å². The smallest absolute Gasteiger partial charge is 0.191 e. The Kier molecular flexibility index (Phi) is 7.99. The fourth-order valence-electron chi connectivity index (χ4n) is 2.84. The summed E-state index contributed by atoms with van der Waals surface area (Å²) < 4.78 is 10.8. The highest BCUT2D eigenvalue weighted by Crippen LogP contribution is 2.18. The topological polar surface area (TPSA) is 71.7 Å². The maximum Gasteiger partial charge on any atom is 0.191 e. The fraction of sp³-hybridized carbons (Fsp3) is 0.500. The van der Waals surface area contributed by atoms with Gasteiger partial charge in [0.15, 0.2) is 5.96 Å². The van der Waals surface area contributed by atoms with Crippen LogP contribution >= 0.6 is 0 Å². The average Bonchev–Trinajstić information content (AvgIpc) is 3.08. The molecule has 0 unspecified atom stereocenters. The molecule has 1 aromatic heterocycles. The van der Waals surface area contributed by atoms with E-state index >= 15 is 0 Å². The van der Waals surface area contributed by atoms with E-state index in [2.05, 4.69) is 42.6 Å². The Morgan fingerprint density at radius 3 is 2.65 bits per heavy atom. The van der Waals surface area contributed by atoms with E-state index in [-0.39, 0.29) is 0 Å². The SMILES string of the molecule is CCNC(=NCc1c(CC)noc1CC)NCCc1ccccc1OC. The Labute approximate surface area is 156 Å². The van der Waals surface area contributed by atoms with Crippen LogP contribution in [0, 0.1) is 0 Å². The molecule has 2 N–H and O–H groups in total. The Bertz CT molecular complexity index is 688. The summed E-state index contributed by atoms with van der Waals surface area (Å²) in [5.74, 6) is 2.64. The molecule has 26 heavy (non-hydrogen) atoms. The second-order valence-electron chi connectivity index (χ2n) is 5.92. The molecule has 2 rings (SSSR count). The predicted molar refractivity (Wildman–Crippen MR) is 105 cm³/mol. The molecule has 142 valence electrons. The van der Waals surface area contributed by atoms with Gasteiger partial charge in [-0.2, -0.15) is 0 Å². The summed E-state index contributed by atoms with van der Waals surface area (Å²) in [6.07, 6.45) is 2.55. The van der Waals surface area contributed by atoms with Gasteiger partial charge in [-0.05, 0) is 31.4 Å². The zero-order chi connectivity index (χ0) is 18.8. The molecule has 0 aliphatic rings. The minimum Gasteiger partial charge on any atom is -0.496 e. The summed E-state index contributed by atoms with van der Waals surface area (Å²) in [6, 6.07) is 8.08. The number of rotatable bonds is 9. The zero-order valence-electron chi connectivity index (χ0n) is 16.3. The lowest BCUT2D eigenvalue weighted by Gasteiger charge is -2.13. The molecule has 2 aromatic rings. The fourth-order valence-corrected chi connectivity index (χ4v) is 2.84. The highest BCUT2D eigenvalue weighted by Gasteiger charge is 2.13. The maximum absolute atomic E-state index is 5.42. The van der Waals surface area contributed by atoms with E-state index in [1.165, 1.54) is 5.56 Å². The Balaban J connectivity index is 2.00. The Morgan fingerprint density at radius 1 is 1.15 bits per heavy atom. The van der Waals surface area contributed by atoms with E-state index in [4.69, 9.17) is 14.3 Å². The number of ether oxygens (including phenoxy) is 1. The third-order valence-corrected chi connectivity index (χ3v) is 4.23. The van der Waals surface area contributed by atoms with Crippen LogP contribution in [0.4, 0.5) is 0 Å². The van der Waals surface area contributed by atoms with Crippen LogP contribution in [0.15, 0.2) is 33.8 Å². The Hall–Kier alpha value is -2.50. The van der Waals surface area contributed by atoms with E-state index in [1.807, 2.05) is 18.2 Å². The van der Waals surface area contributed by atoms with Crippen LogP contribution in [-0.4, -0.2) is 31.3 Å². The highest BCUT2D eigenvalue weighted by molar-refractivity contribution is 5.79. The Morgan fingerprint density at radius 2 is 1.96 bits per heavy atom. The van der Waals surface area contributed by atoms with Gasteiger partial charge in [-0.3, -0.25) is 0 Å². The van der Waals surface area contributed by atoms with Gasteiger partial charge >= 0.3 is 0 Å². The lowest BCUT2D eigenvalue weighted by Crippen LogP contribution is -2.38. The van der Waals surface area contributed by atoms with Crippen LogP contribution < -0.4 is 15.4 Å². The minimum atomic E-state index is 0.569. The predicted octanol–water partition coefficient (Wildman–Crippen LogP) is 3.11. The second kappa shape index (κ2) is 10.5. The van der Waals surface area contributed by atoms with E-state index in [0.717, 1.165) is 61.1 Å². The van der Waals surface area contributed by atoms with Gasteiger partial charge in [0.2, 0.25) is 0 Å². The quantitative estimate of drug-likeness (QED) is 0.532. The standard InChI is InChI=1S/C20H30N4O2/c1-5-17-16(18(6-2)26-24-17)14-23-20(21-7-3)22-13-12-15-10-8-9-11-19(15)25-4/h8-11H,5-7,12-14H2,1-4H3,(H2,21,22,23). The number of methoxy groups -OCH3 is 1. The maximum atomic E-state index is 5.42. The van der Waals surface area contributed by atoms with Crippen molar-refractivity contribution >= 4 is 5.96 Å². The van der Waals surface area contributed by atoms with Gasteiger partial charge in [-0.1, -0.05) is 37.2 Å². The van der Waals surface area contributed by atoms with Gasteiger partial charge in [0.05, 0.1) is 19.3 Å². The number of benzene rings is 1. The molecule has 0 saturated carbocycles. The molecular formula is C20H30N4O2. The van der Waals surface area contributed by atoms with Gasteiger partial charge in [-0.15, -0.1) is 0 Å². The molecule has 0 bridgehead atoms. The molecular weight excluding hydrogens is 328 g/mol. The molecule has 0 fully saturated rings. The lowest BCUT2D eigenvalue weighted by atomic mass is 10.1. The van der Waals surface area contributed by atoms with Crippen molar-refractivity contribution in [1.29, 1.82) is 0 Å². The summed E-state index contributed by atoms with van der Waals surface area (Å²) in [7, 11) is 1.70. The normalized spacial score (nSPS) is 11.5. The first-order valence-electron chi connectivity index (χ1n) is 9.33. The molecule has 0 atom stereocenters.